The van der Waals surface area contributed by atoms with Gasteiger partial charge in [0.2, 0.25) is 0 Å². The Morgan fingerprint density at radius 2 is 1.94 bits per heavy atom. The highest BCUT2D eigenvalue weighted by molar-refractivity contribution is 5.19. The van der Waals surface area contributed by atoms with Crippen molar-refractivity contribution in [1.82, 2.24) is 0 Å². The van der Waals surface area contributed by atoms with E-state index in [2.05, 4.69) is 19.9 Å². The molecule has 0 heterocycles. The van der Waals surface area contributed by atoms with Crippen LogP contribution in [-0.4, -0.2) is 21.4 Å². The van der Waals surface area contributed by atoms with E-state index in [0.29, 0.717) is 5.92 Å². The van der Waals surface area contributed by atoms with Crippen LogP contribution in [0.1, 0.15) is 59.8 Å². The molecule has 5 atom stereocenters. The summed E-state index contributed by atoms with van der Waals surface area (Å²) in [5, 5.41) is 21.2. The molecule has 0 aromatic heterocycles. The van der Waals surface area contributed by atoms with Crippen molar-refractivity contribution in [3.63, 3.8) is 0 Å². The van der Waals surface area contributed by atoms with Crippen molar-refractivity contribution < 1.29 is 10.2 Å². The molecule has 1 fully saturated rings. The van der Waals surface area contributed by atoms with E-state index in [1.54, 1.807) is 0 Å². The van der Waals surface area contributed by atoms with Crippen LogP contribution < -0.4 is 0 Å². The third kappa shape index (κ3) is 2.37. The maximum absolute atomic E-state index is 10.7. The first-order chi connectivity index (χ1) is 8.28. The number of allylic oxidation sites excluding steroid dienone is 1. The zero-order chi connectivity index (χ0) is 13.6. The minimum atomic E-state index is -0.641. The highest BCUT2D eigenvalue weighted by atomic mass is 16.3. The van der Waals surface area contributed by atoms with Crippen molar-refractivity contribution in [3.05, 3.63) is 11.6 Å². The van der Waals surface area contributed by atoms with Crippen molar-refractivity contribution in [2.45, 2.75) is 71.0 Å². The fourth-order valence-electron chi connectivity index (χ4n) is 3.79. The summed E-state index contributed by atoms with van der Waals surface area (Å²) in [6.07, 6.45) is 6.99. The molecule has 2 aliphatic rings. The van der Waals surface area contributed by atoms with Crippen molar-refractivity contribution in [2.24, 2.45) is 17.8 Å². The summed E-state index contributed by atoms with van der Waals surface area (Å²) in [5.74, 6) is 0.906. The molecule has 0 amide bonds. The Morgan fingerprint density at radius 1 is 1.28 bits per heavy atom. The minimum absolute atomic E-state index is 0.124. The maximum Gasteiger partial charge on any atom is 0.0686 e. The number of hydrogen-bond donors (Lipinski definition) is 2. The Kier molecular flexibility index (Phi) is 3.63. The number of hydrogen-bond acceptors (Lipinski definition) is 2. The molecule has 0 saturated heterocycles. The Morgan fingerprint density at radius 3 is 2.56 bits per heavy atom. The normalized spacial score (nSPS) is 46.2. The van der Waals surface area contributed by atoms with Crippen LogP contribution in [0.15, 0.2) is 11.6 Å². The van der Waals surface area contributed by atoms with Crippen LogP contribution in [0, 0.1) is 17.8 Å². The second-order valence-electron chi connectivity index (χ2n) is 6.94. The minimum Gasteiger partial charge on any atom is -0.390 e. The Bertz CT molecular complexity index is 341. The molecule has 0 aliphatic heterocycles. The van der Waals surface area contributed by atoms with E-state index in [-0.39, 0.29) is 11.8 Å². The lowest BCUT2D eigenvalue weighted by Gasteiger charge is -2.34. The average molecular weight is 252 g/mol. The van der Waals surface area contributed by atoms with E-state index in [9.17, 15) is 10.2 Å². The van der Waals surface area contributed by atoms with Crippen LogP contribution in [0.4, 0.5) is 0 Å². The summed E-state index contributed by atoms with van der Waals surface area (Å²) in [5.41, 5.74) is 0.168. The topological polar surface area (TPSA) is 40.5 Å². The van der Waals surface area contributed by atoms with Gasteiger partial charge in [-0.25, -0.2) is 0 Å². The van der Waals surface area contributed by atoms with Crippen LogP contribution in [-0.2, 0) is 0 Å². The van der Waals surface area contributed by atoms with Crippen molar-refractivity contribution >= 4 is 0 Å². The number of aliphatic hydroxyl groups is 2. The summed E-state index contributed by atoms with van der Waals surface area (Å²) in [6, 6.07) is 0. The zero-order valence-corrected chi connectivity index (χ0v) is 12.2. The summed E-state index contributed by atoms with van der Waals surface area (Å²) in [7, 11) is 0. The molecule has 0 bridgehead atoms. The summed E-state index contributed by atoms with van der Waals surface area (Å²) >= 11 is 0. The molecular formula is C16H28O2. The first-order valence-corrected chi connectivity index (χ1v) is 7.43. The molecule has 2 aliphatic carbocycles. The molecule has 1 saturated carbocycles. The monoisotopic (exact) mass is 252 g/mol. The van der Waals surface area contributed by atoms with Gasteiger partial charge in [-0.2, -0.15) is 0 Å². The molecule has 18 heavy (non-hydrogen) atoms. The predicted molar refractivity (Wildman–Crippen MR) is 74.2 cm³/mol. The number of fused-ring (bicyclic) bond motifs is 1. The van der Waals surface area contributed by atoms with Crippen LogP contribution in [0.5, 0.6) is 0 Å². The predicted octanol–water partition coefficient (Wildman–Crippen LogP) is 3.28. The van der Waals surface area contributed by atoms with Crippen LogP contribution >= 0.6 is 0 Å². The van der Waals surface area contributed by atoms with E-state index in [1.165, 1.54) is 5.57 Å². The van der Waals surface area contributed by atoms with Gasteiger partial charge < -0.3 is 10.2 Å². The quantitative estimate of drug-likeness (QED) is 0.740. The molecule has 0 aromatic carbocycles. The second-order valence-corrected chi connectivity index (χ2v) is 6.94. The summed E-state index contributed by atoms with van der Waals surface area (Å²) in [4.78, 5) is 0. The van der Waals surface area contributed by atoms with Gasteiger partial charge in [0.25, 0.3) is 0 Å². The van der Waals surface area contributed by atoms with Gasteiger partial charge in [-0.1, -0.05) is 25.5 Å². The summed E-state index contributed by atoms with van der Waals surface area (Å²) in [6.45, 7) is 8.35. The molecule has 104 valence electrons. The molecular weight excluding hydrogens is 224 g/mol. The molecule has 2 heteroatoms. The van der Waals surface area contributed by atoms with Gasteiger partial charge in [-0.05, 0) is 57.8 Å². The molecule has 0 aromatic rings. The lowest BCUT2D eigenvalue weighted by atomic mass is 9.77. The molecule has 0 spiro atoms. The smallest absolute Gasteiger partial charge is 0.0686 e. The molecule has 2 rings (SSSR count). The van der Waals surface area contributed by atoms with Gasteiger partial charge in [0.05, 0.1) is 11.2 Å². The third-order valence-corrected chi connectivity index (χ3v) is 5.47. The second kappa shape index (κ2) is 4.64. The Hall–Kier alpha value is -0.340. The molecule has 1 unspecified atom stereocenters. The van der Waals surface area contributed by atoms with E-state index in [4.69, 9.17) is 0 Å². The van der Waals surface area contributed by atoms with Crippen molar-refractivity contribution in [1.29, 1.82) is 0 Å². The number of rotatable bonds is 2. The summed E-state index contributed by atoms with van der Waals surface area (Å²) < 4.78 is 0. The SMILES string of the molecule is CCC(C)C1=C[C@@H]2[C@H](CC[C@@]2(C)O)[C@@](C)(O)CC1. The Labute approximate surface area is 111 Å². The first-order valence-electron chi connectivity index (χ1n) is 7.43. The van der Waals surface area contributed by atoms with E-state index < -0.39 is 11.2 Å². The van der Waals surface area contributed by atoms with Gasteiger partial charge in [-0.15, -0.1) is 0 Å². The molecule has 0 radical (unpaired) electrons. The first kappa shape index (κ1) is 14.1. The van der Waals surface area contributed by atoms with Crippen LogP contribution in [0.2, 0.25) is 0 Å². The Balaban J connectivity index is 2.34. The highest BCUT2D eigenvalue weighted by Gasteiger charge is 2.50. The lowest BCUT2D eigenvalue weighted by Crippen LogP contribution is -2.40. The lowest BCUT2D eigenvalue weighted by molar-refractivity contribution is -0.0419. The standard InChI is InChI=1S/C16H28O2/c1-5-11(2)12-6-8-15(3,17)13-7-9-16(4,18)14(13)10-12/h10-11,13-14,17-18H,5-9H2,1-4H3/t11?,13-,14+,15-,16+/m0/s1. The van der Waals surface area contributed by atoms with E-state index in [0.717, 1.165) is 32.1 Å². The highest BCUT2D eigenvalue weighted by Crippen LogP contribution is 2.50. The van der Waals surface area contributed by atoms with E-state index >= 15 is 0 Å². The largest absolute Gasteiger partial charge is 0.390 e. The molecule has 2 N–H and O–H groups in total. The fourth-order valence-corrected chi connectivity index (χ4v) is 3.79. The van der Waals surface area contributed by atoms with Gasteiger partial charge >= 0.3 is 0 Å². The van der Waals surface area contributed by atoms with Gasteiger partial charge in [0.1, 0.15) is 0 Å². The van der Waals surface area contributed by atoms with Crippen molar-refractivity contribution in [2.75, 3.05) is 0 Å². The van der Waals surface area contributed by atoms with Gasteiger partial charge in [0, 0.05) is 5.92 Å². The van der Waals surface area contributed by atoms with Gasteiger partial charge in [0.15, 0.2) is 0 Å². The third-order valence-electron chi connectivity index (χ3n) is 5.47. The average Bonchev–Trinajstić information content (AvgIpc) is 2.50. The zero-order valence-electron chi connectivity index (χ0n) is 12.2. The maximum atomic E-state index is 10.7. The van der Waals surface area contributed by atoms with Crippen molar-refractivity contribution in [3.8, 4) is 0 Å². The molecule has 2 nitrogen and oxygen atoms in total. The van der Waals surface area contributed by atoms with Crippen LogP contribution in [0.3, 0.4) is 0 Å². The fraction of sp³-hybridized carbons (Fsp3) is 0.875. The van der Waals surface area contributed by atoms with E-state index in [1.807, 2.05) is 13.8 Å². The van der Waals surface area contributed by atoms with Gasteiger partial charge in [-0.3, -0.25) is 0 Å². The van der Waals surface area contributed by atoms with Crippen LogP contribution in [0.25, 0.3) is 0 Å².